The zero-order valence-corrected chi connectivity index (χ0v) is 19.5. The van der Waals surface area contributed by atoms with Gasteiger partial charge in [-0.25, -0.2) is 0 Å². The Morgan fingerprint density at radius 1 is 1.28 bits per heavy atom. The van der Waals surface area contributed by atoms with E-state index in [4.69, 9.17) is 18.9 Å². The van der Waals surface area contributed by atoms with Gasteiger partial charge in [-0.1, -0.05) is 51.8 Å². The summed E-state index contributed by atoms with van der Waals surface area (Å²) >= 11 is 3.58. The molecule has 6 unspecified atom stereocenters. The van der Waals surface area contributed by atoms with Gasteiger partial charge in [-0.15, -0.1) is 0 Å². The minimum atomic E-state index is -0.209. The van der Waals surface area contributed by atoms with Crippen molar-refractivity contribution in [3.8, 4) is 0 Å². The molecule has 2 saturated heterocycles. The molecule has 3 aliphatic rings. The first-order chi connectivity index (χ1) is 13.9. The van der Waals surface area contributed by atoms with E-state index in [2.05, 4.69) is 67.0 Å². The standard InChI is InChI=1S/C24H33BrO4/c1-16(2)9-10-20-23(3,29-20)22-21(26-4)19(11-12-24(22)15-28-24)27-14-18-8-6-5-7-17(18)13-25/h5-9,19-22H,10-15H2,1-4H3. The largest absolute Gasteiger partial charge is 0.378 e. The summed E-state index contributed by atoms with van der Waals surface area (Å²) in [5.41, 5.74) is 3.53. The summed E-state index contributed by atoms with van der Waals surface area (Å²) in [6.45, 7) is 7.92. The highest BCUT2D eigenvalue weighted by molar-refractivity contribution is 9.08. The van der Waals surface area contributed by atoms with E-state index in [-0.39, 0.29) is 35.4 Å². The van der Waals surface area contributed by atoms with Crippen molar-refractivity contribution in [2.24, 2.45) is 5.92 Å². The summed E-state index contributed by atoms with van der Waals surface area (Å²) in [5.74, 6) is 0.195. The highest BCUT2D eigenvalue weighted by Crippen LogP contribution is 2.59. The second-order valence-corrected chi connectivity index (χ2v) is 9.69. The van der Waals surface area contributed by atoms with E-state index in [9.17, 15) is 0 Å². The molecule has 1 aromatic rings. The summed E-state index contributed by atoms with van der Waals surface area (Å²) in [4.78, 5) is 0. The number of hydrogen-bond donors (Lipinski definition) is 0. The predicted octanol–water partition coefficient (Wildman–Crippen LogP) is 5.17. The van der Waals surface area contributed by atoms with E-state index >= 15 is 0 Å². The fourth-order valence-corrected chi connectivity index (χ4v) is 5.69. The van der Waals surface area contributed by atoms with Gasteiger partial charge in [-0.3, -0.25) is 0 Å². The van der Waals surface area contributed by atoms with Gasteiger partial charge in [0.2, 0.25) is 0 Å². The number of alkyl halides is 1. The molecule has 0 N–H and O–H groups in total. The number of epoxide rings is 2. The van der Waals surface area contributed by atoms with E-state index in [1.165, 1.54) is 16.7 Å². The molecule has 0 aromatic heterocycles. The van der Waals surface area contributed by atoms with Crippen LogP contribution < -0.4 is 0 Å². The maximum absolute atomic E-state index is 6.45. The maximum Gasteiger partial charge on any atom is 0.101 e. The van der Waals surface area contributed by atoms with Crippen LogP contribution in [0.15, 0.2) is 35.9 Å². The van der Waals surface area contributed by atoms with Crippen molar-refractivity contribution in [1.82, 2.24) is 0 Å². The fourth-order valence-electron chi connectivity index (χ4n) is 5.15. The van der Waals surface area contributed by atoms with Crippen LogP contribution >= 0.6 is 15.9 Å². The molecule has 4 nitrogen and oxygen atoms in total. The third kappa shape index (κ3) is 4.22. The van der Waals surface area contributed by atoms with Crippen molar-refractivity contribution in [2.45, 2.75) is 81.5 Å². The van der Waals surface area contributed by atoms with Crippen molar-refractivity contribution in [3.63, 3.8) is 0 Å². The molecule has 0 radical (unpaired) electrons. The molecule has 2 aliphatic heterocycles. The first-order valence-corrected chi connectivity index (χ1v) is 11.8. The van der Waals surface area contributed by atoms with Crippen LogP contribution in [0.2, 0.25) is 0 Å². The van der Waals surface area contributed by atoms with Crippen LogP contribution in [0.4, 0.5) is 0 Å². The van der Waals surface area contributed by atoms with Crippen LogP contribution in [0.3, 0.4) is 0 Å². The zero-order valence-electron chi connectivity index (χ0n) is 17.9. The highest BCUT2D eigenvalue weighted by atomic mass is 79.9. The Labute approximate surface area is 183 Å². The summed E-state index contributed by atoms with van der Waals surface area (Å²) in [6.07, 6.45) is 5.45. The Balaban J connectivity index is 1.49. The number of halogens is 1. The number of allylic oxidation sites excluding steroid dienone is 1. The molecular formula is C24H33BrO4. The lowest BCUT2D eigenvalue weighted by Gasteiger charge is -2.43. The average Bonchev–Trinajstić information content (AvgIpc) is 3.63. The van der Waals surface area contributed by atoms with Gasteiger partial charge in [-0.2, -0.15) is 0 Å². The molecule has 0 amide bonds. The van der Waals surface area contributed by atoms with Crippen LogP contribution in [-0.4, -0.2) is 43.2 Å². The Kier molecular flexibility index (Phi) is 6.25. The topological polar surface area (TPSA) is 43.5 Å². The van der Waals surface area contributed by atoms with Gasteiger partial charge < -0.3 is 18.9 Å². The molecule has 5 heteroatoms. The predicted molar refractivity (Wildman–Crippen MR) is 117 cm³/mol. The van der Waals surface area contributed by atoms with Gasteiger partial charge >= 0.3 is 0 Å². The second kappa shape index (κ2) is 8.43. The van der Waals surface area contributed by atoms with E-state index in [1.54, 1.807) is 7.11 Å². The van der Waals surface area contributed by atoms with Gasteiger partial charge in [0.05, 0.1) is 43.0 Å². The second-order valence-electron chi connectivity index (χ2n) is 9.13. The van der Waals surface area contributed by atoms with Gasteiger partial charge in [-0.05, 0) is 51.2 Å². The fraction of sp³-hybridized carbons (Fsp3) is 0.667. The first-order valence-electron chi connectivity index (χ1n) is 10.7. The molecule has 29 heavy (non-hydrogen) atoms. The molecule has 1 saturated carbocycles. The zero-order chi connectivity index (χ0) is 20.6. The van der Waals surface area contributed by atoms with E-state index in [1.807, 2.05) is 0 Å². The number of ether oxygens (including phenoxy) is 4. The summed E-state index contributed by atoms with van der Waals surface area (Å²) in [7, 11) is 1.80. The van der Waals surface area contributed by atoms with Gasteiger partial charge in [0, 0.05) is 12.4 Å². The van der Waals surface area contributed by atoms with Gasteiger partial charge in [0.1, 0.15) is 5.60 Å². The smallest absolute Gasteiger partial charge is 0.101 e. The summed E-state index contributed by atoms with van der Waals surface area (Å²) in [6, 6.07) is 8.43. The molecule has 160 valence electrons. The monoisotopic (exact) mass is 464 g/mol. The molecular weight excluding hydrogens is 432 g/mol. The SMILES string of the molecule is COC1C(OCc2ccccc2CBr)CCC2(CO2)C1C1(C)OC1CC=C(C)C. The Bertz CT molecular complexity index is 755. The molecule has 6 atom stereocenters. The maximum atomic E-state index is 6.45. The van der Waals surface area contributed by atoms with E-state index < -0.39 is 0 Å². The lowest BCUT2D eigenvalue weighted by atomic mass is 9.68. The quantitative estimate of drug-likeness (QED) is 0.302. The van der Waals surface area contributed by atoms with Gasteiger partial charge in [0.15, 0.2) is 0 Å². The van der Waals surface area contributed by atoms with Crippen molar-refractivity contribution < 1.29 is 18.9 Å². The Hall–Kier alpha value is -0.720. The van der Waals surface area contributed by atoms with Crippen molar-refractivity contribution >= 4 is 15.9 Å². The molecule has 4 rings (SSSR count). The number of benzene rings is 1. The average molecular weight is 465 g/mol. The summed E-state index contributed by atoms with van der Waals surface area (Å²) in [5, 5.41) is 0.836. The Morgan fingerprint density at radius 3 is 2.62 bits per heavy atom. The molecule has 2 heterocycles. The third-order valence-corrected chi connectivity index (χ3v) is 7.56. The highest BCUT2D eigenvalue weighted by Gasteiger charge is 2.71. The first kappa shape index (κ1) is 21.5. The number of methoxy groups -OCH3 is 1. The summed E-state index contributed by atoms with van der Waals surface area (Å²) < 4.78 is 24.8. The van der Waals surface area contributed by atoms with Crippen molar-refractivity contribution in [1.29, 1.82) is 0 Å². The number of rotatable bonds is 8. The molecule has 3 fully saturated rings. The lowest BCUT2D eigenvalue weighted by Crippen LogP contribution is -2.55. The van der Waals surface area contributed by atoms with Crippen LogP contribution in [-0.2, 0) is 30.9 Å². The molecule has 1 aromatic carbocycles. The van der Waals surface area contributed by atoms with Crippen LogP contribution in [0.25, 0.3) is 0 Å². The minimum Gasteiger partial charge on any atom is -0.378 e. The van der Waals surface area contributed by atoms with Gasteiger partial charge in [0.25, 0.3) is 0 Å². The number of hydrogen-bond acceptors (Lipinski definition) is 4. The van der Waals surface area contributed by atoms with E-state index in [0.717, 1.165) is 31.2 Å². The van der Waals surface area contributed by atoms with Crippen molar-refractivity contribution in [3.05, 3.63) is 47.0 Å². The van der Waals surface area contributed by atoms with Crippen LogP contribution in [0.5, 0.6) is 0 Å². The lowest BCUT2D eigenvalue weighted by molar-refractivity contribution is -0.143. The van der Waals surface area contributed by atoms with E-state index in [0.29, 0.717) is 6.61 Å². The normalized spacial score (nSPS) is 38.1. The van der Waals surface area contributed by atoms with Crippen molar-refractivity contribution in [2.75, 3.05) is 13.7 Å². The van der Waals surface area contributed by atoms with Crippen LogP contribution in [0.1, 0.15) is 51.2 Å². The molecule has 1 spiro atoms. The Morgan fingerprint density at radius 2 is 2.00 bits per heavy atom. The minimum absolute atomic E-state index is 0.0240. The van der Waals surface area contributed by atoms with Crippen LogP contribution in [0, 0.1) is 5.92 Å². The molecule has 0 bridgehead atoms. The third-order valence-electron chi connectivity index (χ3n) is 6.95. The molecule has 1 aliphatic carbocycles.